The Bertz CT molecular complexity index is 1660. The second-order valence-electron chi connectivity index (χ2n) is 9.94. The second kappa shape index (κ2) is 11.6. The molecular formula is C28H30N2O10S2. The van der Waals surface area contributed by atoms with Gasteiger partial charge in [0.1, 0.15) is 31.3 Å². The Morgan fingerprint density at radius 3 is 2.24 bits per heavy atom. The first-order chi connectivity index (χ1) is 19.9. The number of anilines is 1. The van der Waals surface area contributed by atoms with Crippen molar-refractivity contribution in [3.8, 4) is 11.5 Å². The molecule has 0 bridgehead atoms. The van der Waals surface area contributed by atoms with Crippen LogP contribution in [0, 0.1) is 0 Å². The van der Waals surface area contributed by atoms with Crippen molar-refractivity contribution in [2.24, 2.45) is 0 Å². The van der Waals surface area contributed by atoms with Crippen LogP contribution in [0.1, 0.15) is 17.5 Å². The van der Waals surface area contributed by atoms with Crippen LogP contribution in [0.4, 0.5) is 5.69 Å². The Morgan fingerprint density at radius 2 is 1.60 bits per heavy atom. The summed E-state index contributed by atoms with van der Waals surface area (Å²) in [5.74, 6) is -2.85. The first-order valence-corrected chi connectivity index (χ1v) is 16.3. The van der Waals surface area contributed by atoms with Crippen LogP contribution in [0.3, 0.4) is 0 Å². The van der Waals surface area contributed by atoms with Crippen molar-refractivity contribution in [3.63, 3.8) is 0 Å². The van der Waals surface area contributed by atoms with Crippen molar-refractivity contribution in [3.05, 3.63) is 83.9 Å². The smallest absolute Gasteiger partial charge is 0.292 e. The van der Waals surface area contributed by atoms with Crippen LogP contribution >= 0.6 is 0 Å². The molecule has 0 aromatic heterocycles. The van der Waals surface area contributed by atoms with Crippen molar-refractivity contribution < 1.29 is 45.5 Å². The highest BCUT2D eigenvalue weighted by Gasteiger charge is 2.50. The lowest BCUT2D eigenvalue weighted by atomic mass is 10.1. The van der Waals surface area contributed by atoms with Crippen LogP contribution in [0.5, 0.6) is 11.5 Å². The van der Waals surface area contributed by atoms with E-state index in [1.54, 1.807) is 36.4 Å². The number of carbonyl (C=O) groups excluding carboxylic acids is 1. The van der Waals surface area contributed by atoms with Crippen LogP contribution in [0.2, 0.25) is 0 Å². The number of aliphatic hydroxyl groups is 2. The van der Waals surface area contributed by atoms with Crippen molar-refractivity contribution >= 4 is 31.7 Å². The third-order valence-electron chi connectivity index (χ3n) is 6.97. The van der Waals surface area contributed by atoms with E-state index in [2.05, 4.69) is 4.18 Å². The number of benzene rings is 3. The fraction of sp³-hybridized carbons (Fsp3) is 0.321. The summed E-state index contributed by atoms with van der Waals surface area (Å²) < 4.78 is 66.0. The highest BCUT2D eigenvalue weighted by Crippen LogP contribution is 2.41. The molecule has 1 saturated heterocycles. The SMILES string of the molecule is CS(=O)(=O)OCCOc1ccc(CN2C(=O)C(O)(O)c3cc(S(=O)(=O)N4CC[C@H]4COc4ccccc4)ccc32)cc1. The molecule has 0 spiro atoms. The molecule has 14 heteroatoms. The molecular weight excluding hydrogens is 588 g/mol. The molecule has 224 valence electrons. The Kier molecular flexibility index (Phi) is 8.29. The molecule has 3 aromatic rings. The minimum absolute atomic E-state index is 0.00537. The Balaban J connectivity index is 1.27. The molecule has 2 aliphatic rings. The van der Waals surface area contributed by atoms with E-state index in [1.165, 1.54) is 21.3 Å². The summed E-state index contributed by atoms with van der Waals surface area (Å²) in [4.78, 5) is 14.0. The maximum absolute atomic E-state index is 13.4. The van der Waals surface area contributed by atoms with E-state index < -0.39 is 31.8 Å². The number of fused-ring (bicyclic) bond motifs is 1. The summed E-state index contributed by atoms with van der Waals surface area (Å²) in [7, 11) is -7.56. The molecule has 3 aromatic carbocycles. The van der Waals surface area contributed by atoms with Crippen molar-refractivity contribution in [2.45, 2.75) is 29.7 Å². The third-order valence-corrected chi connectivity index (χ3v) is 9.52. The number of amides is 1. The Labute approximate surface area is 243 Å². The standard InChI is InChI=1S/C28H30N2O10S2/c1-41(34,35)40-16-15-38-23-9-7-20(8-10-23)18-29-26-12-11-24(17-25(26)28(32,33)27(29)31)42(36,37)30-14-13-21(30)19-39-22-5-3-2-4-6-22/h2-12,17,21,32-33H,13-16,18-19H2,1H3/t21-/m0/s1. The highest BCUT2D eigenvalue weighted by molar-refractivity contribution is 7.89. The normalized spacial score (nSPS) is 18.4. The van der Waals surface area contributed by atoms with Gasteiger partial charge in [0.05, 0.1) is 29.4 Å². The van der Waals surface area contributed by atoms with Crippen molar-refractivity contribution in [1.29, 1.82) is 0 Å². The predicted molar refractivity (Wildman–Crippen MR) is 151 cm³/mol. The molecule has 2 N–H and O–H groups in total. The maximum Gasteiger partial charge on any atom is 0.292 e. The van der Waals surface area contributed by atoms with E-state index in [0.717, 1.165) is 12.3 Å². The fourth-order valence-electron chi connectivity index (χ4n) is 4.72. The van der Waals surface area contributed by atoms with E-state index in [4.69, 9.17) is 9.47 Å². The first kappa shape index (κ1) is 29.9. The zero-order valence-electron chi connectivity index (χ0n) is 22.6. The summed E-state index contributed by atoms with van der Waals surface area (Å²) in [6.45, 7) is 0.296. The van der Waals surface area contributed by atoms with Crippen molar-refractivity contribution in [1.82, 2.24) is 4.31 Å². The van der Waals surface area contributed by atoms with Gasteiger partial charge in [-0.05, 0) is 54.4 Å². The zero-order chi connectivity index (χ0) is 30.1. The van der Waals surface area contributed by atoms with Crippen LogP contribution in [-0.4, -0.2) is 75.9 Å². The summed E-state index contributed by atoms with van der Waals surface area (Å²) in [6.07, 6.45) is 1.56. The summed E-state index contributed by atoms with van der Waals surface area (Å²) in [5.41, 5.74) is 0.581. The largest absolute Gasteiger partial charge is 0.492 e. The molecule has 1 fully saturated rings. The molecule has 12 nitrogen and oxygen atoms in total. The van der Waals surface area contributed by atoms with Gasteiger partial charge in [0.25, 0.3) is 21.8 Å². The van der Waals surface area contributed by atoms with E-state index in [-0.39, 0.29) is 48.6 Å². The highest BCUT2D eigenvalue weighted by atomic mass is 32.2. The number of sulfonamides is 1. The number of hydrogen-bond donors (Lipinski definition) is 2. The minimum Gasteiger partial charge on any atom is -0.492 e. The quantitative estimate of drug-likeness (QED) is 0.173. The van der Waals surface area contributed by atoms with E-state index >= 15 is 0 Å². The Morgan fingerprint density at radius 1 is 0.905 bits per heavy atom. The molecule has 0 unspecified atom stereocenters. The number of para-hydroxylation sites is 1. The van der Waals surface area contributed by atoms with Gasteiger partial charge in [-0.1, -0.05) is 30.3 Å². The van der Waals surface area contributed by atoms with Gasteiger partial charge in [0.2, 0.25) is 10.0 Å². The molecule has 0 aliphatic carbocycles. The predicted octanol–water partition coefficient (Wildman–Crippen LogP) is 1.57. The molecule has 0 saturated carbocycles. The average Bonchev–Trinajstić information content (AvgIpc) is 3.11. The average molecular weight is 619 g/mol. The Hall–Kier alpha value is -3.53. The van der Waals surface area contributed by atoms with E-state index in [1.807, 2.05) is 18.2 Å². The van der Waals surface area contributed by atoms with Crippen molar-refractivity contribution in [2.75, 3.05) is 37.5 Å². The molecule has 2 heterocycles. The van der Waals surface area contributed by atoms with Gasteiger partial charge >= 0.3 is 0 Å². The van der Waals surface area contributed by atoms with Gasteiger partial charge in [-0.2, -0.15) is 12.7 Å². The number of carbonyl (C=O) groups is 1. The lowest BCUT2D eigenvalue weighted by molar-refractivity contribution is -0.183. The van der Waals surface area contributed by atoms with Crippen LogP contribution in [0.25, 0.3) is 0 Å². The van der Waals surface area contributed by atoms with Gasteiger partial charge in [-0.25, -0.2) is 8.42 Å². The van der Waals surface area contributed by atoms with Gasteiger partial charge in [0, 0.05) is 12.1 Å². The molecule has 0 radical (unpaired) electrons. The van der Waals surface area contributed by atoms with Gasteiger partial charge in [0.15, 0.2) is 0 Å². The minimum atomic E-state index is -4.00. The first-order valence-electron chi connectivity index (χ1n) is 13.0. The number of rotatable bonds is 12. The number of hydrogen-bond acceptors (Lipinski definition) is 10. The second-order valence-corrected chi connectivity index (χ2v) is 13.5. The molecule has 5 rings (SSSR count). The maximum atomic E-state index is 13.4. The van der Waals surface area contributed by atoms with Crippen LogP contribution in [-0.2, 0) is 41.5 Å². The number of nitrogens with zero attached hydrogens (tertiary/aromatic N) is 2. The van der Waals surface area contributed by atoms with E-state index in [9.17, 15) is 31.8 Å². The zero-order valence-corrected chi connectivity index (χ0v) is 24.3. The molecule has 42 heavy (non-hydrogen) atoms. The number of ether oxygens (including phenoxy) is 2. The fourth-order valence-corrected chi connectivity index (χ4v) is 6.78. The van der Waals surface area contributed by atoms with Crippen LogP contribution < -0.4 is 14.4 Å². The lowest BCUT2D eigenvalue weighted by Gasteiger charge is -2.39. The molecule has 2 aliphatic heterocycles. The summed E-state index contributed by atoms with van der Waals surface area (Å²) >= 11 is 0. The lowest BCUT2D eigenvalue weighted by Crippen LogP contribution is -2.53. The molecule has 1 amide bonds. The monoisotopic (exact) mass is 618 g/mol. The topological polar surface area (TPSA) is 160 Å². The summed E-state index contributed by atoms with van der Waals surface area (Å²) in [6, 6.07) is 19.1. The summed E-state index contributed by atoms with van der Waals surface area (Å²) in [5, 5.41) is 21.4. The van der Waals surface area contributed by atoms with Gasteiger partial charge in [-0.15, -0.1) is 0 Å². The van der Waals surface area contributed by atoms with Gasteiger partial charge in [-0.3, -0.25) is 8.98 Å². The van der Waals surface area contributed by atoms with E-state index in [0.29, 0.717) is 30.0 Å². The third kappa shape index (κ3) is 6.28. The van der Waals surface area contributed by atoms with Gasteiger partial charge < -0.3 is 24.6 Å². The molecule has 1 atom stereocenters. The van der Waals surface area contributed by atoms with Crippen LogP contribution in [0.15, 0.2) is 77.7 Å².